The fourth-order valence-corrected chi connectivity index (χ4v) is 3.81. The third-order valence-electron chi connectivity index (χ3n) is 5.32. The van der Waals surface area contributed by atoms with Crippen molar-refractivity contribution in [3.05, 3.63) is 78.2 Å². The van der Waals surface area contributed by atoms with E-state index in [2.05, 4.69) is 15.3 Å². The number of aromatic nitrogens is 2. The summed E-state index contributed by atoms with van der Waals surface area (Å²) in [5.74, 6) is 0.899. The standard InChI is InChI=1S/C25H26N4O3/c1-17(2)12-24(30)29-16-19-7-4-3-6-18(19)13-22(29)25(31)28-20-8-5-9-21(14-20)32-23-15-26-10-11-27-23/h3-11,14-15,17,22H,12-13,16H2,1-2H3,(H,28,31). The third-order valence-corrected chi connectivity index (χ3v) is 5.32. The number of ether oxygens (including phenoxy) is 1. The molecule has 1 N–H and O–H groups in total. The number of anilines is 1. The zero-order valence-electron chi connectivity index (χ0n) is 18.2. The number of hydrogen-bond acceptors (Lipinski definition) is 5. The van der Waals surface area contributed by atoms with Crippen LogP contribution in [0.2, 0.25) is 0 Å². The molecule has 2 aromatic carbocycles. The molecule has 1 atom stereocenters. The second-order valence-corrected chi connectivity index (χ2v) is 8.27. The van der Waals surface area contributed by atoms with Crippen molar-refractivity contribution in [3.8, 4) is 11.6 Å². The summed E-state index contributed by atoms with van der Waals surface area (Å²) >= 11 is 0. The fourth-order valence-electron chi connectivity index (χ4n) is 3.81. The molecule has 0 radical (unpaired) electrons. The normalized spacial score (nSPS) is 15.2. The molecule has 0 aliphatic carbocycles. The molecule has 1 aromatic heterocycles. The van der Waals surface area contributed by atoms with Gasteiger partial charge in [-0.05, 0) is 29.2 Å². The SMILES string of the molecule is CC(C)CC(=O)N1Cc2ccccc2CC1C(=O)Nc1cccc(Oc2cnccn2)c1. The maximum absolute atomic E-state index is 13.3. The number of carbonyl (C=O) groups excluding carboxylic acids is 2. The summed E-state index contributed by atoms with van der Waals surface area (Å²) in [6.45, 7) is 4.45. The van der Waals surface area contributed by atoms with E-state index in [0.717, 1.165) is 11.1 Å². The van der Waals surface area contributed by atoms with E-state index in [-0.39, 0.29) is 17.7 Å². The van der Waals surface area contributed by atoms with Gasteiger partial charge in [-0.2, -0.15) is 0 Å². The lowest BCUT2D eigenvalue weighted by molar-refractivity contribution is -0.140. The van der Waals surface area contributed by atoms with Crippen molar-refractivity contribution in [2.75, 3.05) is 5.32 Å². The van der Waals surface area contributed by atoms with Gasteiger partial charge < -0.3 is 15.0 Å². The first-order valence-electron chi connectivity index (χ1n) is 10.7. The van der Waals surface area contributed by atoms with Gasteiger partial charge in [-0.1, -0.05) is 44.2 Å². The van der Waals surface area contributed by atoms with Crippen LogP contribution in [-0.2, 0) is 22.6 Å². The average molecular weight is 431 g/mol. The van der Waals surface area contributed by atoms with Gasteiger partial charge in [0.15, 0.2) is 0 Å². The van der Waals surface area contributed by atoms with Crippen molar-refractivity contribution in [2.24, 2.45) is 5.92 Å². The summed E-state index contributed by atoms with van der Waals surface area (Å²) in [4.78, 5) is 36.0. The van der Waals surface area contributed by atoms with Gasteiger partial charge in [0.05, 0.1) is 6.20 Å². The van der Waals surface area contributed by atoms with E-state index in [1.165, 1.54) is 6.20 Å². The van der Waals surface area contributed by atoms with Crippen LogP contribution in [0.3, 0.4) is 0 Å². The van der Waals surface area contributed by atoms with Gasteiger partial charge in [0, 0.05) is 43.5 Å². The highest BCUT2D eigenvalue weighted by atomic mass is 16.5. The summed E-state index contributed by atoms with van der Waals surface area (Å²) in [5.41, 5.74) is 2.78. The minimum atomic E-state index is -0.569. The van der Waals surface area contributed by atoms with Crippen LogP contribution >= 0.6 is 0 Å². The summed E-state index contributed by atoms with van der Waals surface area (Å²) in [6.07, 6.45) is 5.53. The van der Waals surface area contributed by atoms with Crippen LogP contribution in [0.15, 0.2) is 67.1 Å². The molecule has 32 heavy (non-hydrogen) atoms. The molecule has 3 aromatic rings. The van der Waals surface area contributed by atoms with E-state index < -0.39 is 6.04 Å². The first-order chi connectivity index (χ1) is 15.5. The number of fused-ring (bicyclic) bond motifs is 1. The van der Waals surface area contributed by atoms with Crippen LogP contribution in [0.5, 0.6) is 11.6 Å². The van der Waals surface area contributed by atoms with Gasteiger partial charge in [0.1, 0.15) is 11.8 Å². The van der Waals surface area contributed by atoms with Crippen LogP contribution in [0.4, 0.5) is 5.69 Å². The maximum atomic E-state index is 13.3. The summed E-state index contributed by atoms with van der Waals surface area (Å²) < 4.78 is 5.71. The maximum Gasteiger partial charge on any atom is 0.247 e. The Kier molecular flexibility index (Phi) is 6.44. The second kappa shape index (κ2) is 9.60. The lowest BCUT2D eigenvalue weighted by Gasteiger charge is -2.36. The van der Waals surface area contributed by atoms with Crippen molar-refractivity contribution in [1.82, 2.24) is 14.9 Å². The monoisotopic (exact) mass is 430 g/mol. The number of amides is 2. The molecule has 0 bridgehead atoms. The molecule has 4 rings (SSSR count). The Balaban J connectivity index is 1.53. The van der Waals surface area contributed by atoms with E-state index in [9.17, 15) is 9.59 Å². The molecule has 0 saturated heterocycles. The minimum absolute atomic E-state index is 0.00520. The molecule has 2 amide bonds. The van der Waals surface area contributed by atoms with Crippen molar-refractivity contribution in [1.29, 1.82) is 0 Å². The highest BCUT2D eigenvalue weighted by Crippen LogP contribution is 2.27. The van der Waals surface area contributed by atoms with Crippen LogP contribution in [0, 0.1) is 5.92 Å². The Morgan fingerprint density at radius 1 is 1.12 bits per heavy atom. The van der Waals surface area contributed by atoms with Crippen LogP contribution in [-0.4, -0.2) is 32.7 Å². The highest BCUT2D eigenvalue weighted by Gasteiger charge is 2.34. The van der Waals surface area contributed by atoms with Crippen molar-refractivity contribution >= 4 is 17.5 Å². The van der Waals surface area contributed by atoms with Gasteiger partial charge in [-0.25, -0.2) is 4.98 Å². The molecule has 164 valence electrons. The number of hydrogen-bond donors (Lipinski definition) is 1. The smallest absolute Gasteiger partial charge is 0.247 e. The Bertz CT molecular complexity index is 1100. The van der Waals surface area contributed by atoms with E-state index in [4.69, 9.17) is 4.74 Å². The average Bonchev–Trinajstić information content (AvgIpc) is 2.78. The largest absolute Gasteiger partial charge is 0.437 e. The first-order valence-corrected chi connectivity index (χ1v) is 10.7. The molecule has 0 fully saturated rings. The van der Waals surface area contributed by atoms with Crippen LogP contribution in [0.25, 0.3) is 0 Å². The highest BCUT2D eigenvalue weighted by molar-refractivity contribution is 5.97. The van der Waals surface area contributed by atoms with Crippen molar-refractivity contribution in [3.63, 3.8) is 0 Å². The summed E-state index contributed by atoms with van der Waals surface area (Å²) in [6, 6.07) is 14.5. The topological polar surface area (TPSA) is 84.4 Å². The second-order valence-electron chi connectivity index (χ2n) is 8.27. The van der Waals surface area contributed by atoms with Gasteiger partial charge in [0.2, 0.25) is 17.7 Å². The number of carbonyl (C=O) groups is 2. The Morgan fingerprint density at radius 2 is 1.94 bits per heavy atom. The van der Waals surface area contributed by atoms with E-state index in [1.54, 1.807) is 41.6 Å². The van der Waals surface area contributed by atoms with Crippen LogP contribution < -0.4 is 10.1 Å². The molecule has 7 heteroatoms. The van der Waals surface area contributed by atoms with Crippen molar-refractivity contribution < 1.29 is 14.3 Å². The fraction of sp³-hybridized carbons (Fsp3) is 0.280. The molecule has 0 spiro atoms. The third kappa shape index (κ3) is 5.11. The van der Waals surface area contributed by atoms with Crippen molar-refractivity contribution in [2.45, 2.75) is 39.3 Å². The van der Waals surface area contributed by atoms with E-state index in [0.29, 0.717) is 36.7 Å². The zero-order valence-corrected chi connectivity index (χ0v) is 18.2. The first kappa shape index (κ1) is 21.5. The molecular formula is C25H26N4O3. The molecule has 0 saturated carbocycles. The lowest BCUT2D eigenvalue weighted by Crippen LogP contribution is -2.50. The van der Waals surface area contributed by atoms with E-state index in [1.807, 2.05) is 38.1 Å². The van der Waals surface area contributed by atoms with E-state index >= 15 is 0 Å². The van der Waals surface area contributed by atoms with Gasteiger partial charge >= 0.3 is 0 Å². The zero-order chi connectivity index (χ0) is 22.5. The number of rotatable bonds is 6. The number of nitrogens with zero attached hydrogens (tertiary/aromatic N) is 3. The van der Waals surface area contributed by atoms with Gasteiger partial charge in [-0.3, -0.25) is 14.6 Å². The summed E-state index contributed by atoms with van der Waals surface area (Å²) in [5, 5.41) is 2.96. The molecule has 7 nitrogen and oxygen atoms in total. The summed E-state index contributed by atoms with van der Waals surface area (Å²) in [7, 11) is 0. The molecule has 2 heterocycles. The van der Waals surface area contributed by atoms with Crippen LogP contribution in [0.1, 0.15) is 31.4 Å². The Labute approximate surface area is 187 Å². The number of benzene rings is 2. The Morgan fingerprint density at radius 3 is 2.69 bits per heavy atom. The molecule has 1 unspecified atom stereocenters. The number of nitrogens with one attached hydrogen (secondary N) is 1. The predicted octanol–water partition coefficient (Wildman–Crippen LogP) is 4.21. The molecular weight excluding hydrogens is 404 g/mol. The van der Waals surface area contributed by atoms with Gasteiger partial charge in [-0.15, -0.1) is 0 Å². The Hall–Kier alpha value is -3.74. The lowest BCUT2D eigenvalue weighted by atomic mass is 9.92. The molecule has 1 aliphatic rings. The minimum Gasteiger partial charge on any atom is -0.437 e. The molecule has 1 aliphatic heterocycles. The predicted molar refractivity (Wildman–Crippen MR) is 121 cm³/mol. The van der Waals surface area contributed by atoms with Gasteiger partial charge in [0.25, 0.3) is 0 Å². The quantitative estimate of drug-likeness (QED) is 0.633.